The van der Waals surface area contributed by atoms with Crippen LogP contribution in [0.25, 0.3) is 0 Å². The van der Waals surface area contributed by atoms with Crippen LogP contribution in [0.1, 0.15) is 65.0 Å². The summed E-state index contributed by atoms with van der Waals surface area (Å²) in [5, 5.41) is 3.50. The summed E-state index contributed by atoms with van der Waals surface area (Å²) in [6.07, 6.45) is 3.98. The van der Waals surface area contributed by atoms with Gasteiger partial charge in [0.15, 0.2) is 11.5 Å². The third-order valence-electron chi connectivity index (χ3n) is 8.14. The molecule has 3 fully saturated rings. The maximum Gasteiger partial charge on any atom is 0.220 e. The molecule has 5 nitrogen and oxygen atoms in total. The molecule has 1 heterocycles. The molecule has 2 aliphatic carbocycles. The van der Waals surface area contributed by atoms with E-state index in [2.05, 4.69) is 45.1 Å². The van der Waals surface area contributed by atoms with Gasteiger partial charge in [-0.25, -0.2) is 0 Å². The normalized spacial score (nSPS) is 34.0. The Hall–Kier alpha value is -1.75. The molecular weight excluding hydrogens is 378 g/mol. The lowest BCUT2D eigenvalue weighted by molar-refractivity contribution is -0.137. The fourth-order valence-corrected chi connectivity index (χ4v) is 6.74. The largest absolute Gasteiger partial charge is 0.493 e. The van der Waals surface area contributed by atoms with E-state index < -0.39 is 0 Å². The average Bonchev–Trinajstić information content (AvgIpc) is 3.19. The fraction of sp³-hybridized carbons (Fsp3) is 0.720. The van der Waals surface area contributed by atoms with Crippen LogP contribution in [0.2, 0.25) is 0 Å². The molecular formula is C25H37NO4. The lowest BCUT2D eigenvalue weighted by atomic mass is 9.58. The van der Waals surface area contributed by atoms with Crippen molar-refractivity contribution in [2.75, 3.05) is 20.8 Å². The molecule has 3 aliphatic rings. The zero-order valence-electron chi connectivity index (χ0n) is 19.3. The van der Waals surface area contributed by atoms with Crippen molar-refractivity contribution < 1.29 is 19.0 Å². The number of rotatable bonds is 6. The lowest BCUT2D eigenvalue weighted by Crippen LogP contribution is -2.59. The molecule has 30 heavy (non-hydrogen) atoms. The van der Waals surface area contributed by atoms with E-state index in [1.165, 1.54) is 6.42 Å². The zero-order valence-corrected chi connectivity index (χ0v) is 19.3. The lowest BCUT2D eigenvalue weighted by Gasteiger charge is -2.53. The number of carbonyl (C=O) groups is 1. The van der Waals surface area contributed by atoms with Crippen molar-refractivity contribution >= 4 is 5.91 Å². The molecule has 1 spiro atoms. The Bertz CT molecular complexity index is 804. The van der Waals surface area contributed by atoms with Gasteiger partial charge in [0, 0.05) is 19.1 Å². The van der Waals surface area contributed by atoms with Gasteiger partial charge in [0.1, 0.15) is 0 Å². The molecule has 0 radical (unpaired) electrons. The molecule has 1 aromatic rings. The summed E-state index contributed by atoms with van der Waals surface area (Å²) in [5.74, 6) is 3.05. The highest BCUT2D eigenvalue weighted by Crippen LogP contribution is 2.70. The second-order valence-corrected chi connectivity index (χ2v) is 10.6. The molecule has 2 bridgehead atoms. The summed E-state index contributed by atoms with van der Waals surface area (Å²) in [7, 11) is 3.33. The molecule has 5 heteroatoms. The summed E-state index contributed by atoms with van der Waals surface area (Å²) < 4.78 is 17.3. The Morgan fingerprint density at radius 2 is 1.97 bits per heavy atom. The van der Waals surface area contributed by atoms with Crippen molar-refractivity contribution in [2.24, 2.45) is 28.6 Å². The highest BCUT2D eigenvalue weighted by Gasteiger charge is 2.68. The number of amides is 1. The highest BCUT2D eigenvalue weighted by atomic mass is 16.5. The average molecular weight is 416 g/mol. The molecule has 1 saturated heterocycles. The van der Waals surface area contributed by atoms with Gasteiger partial charge in [-0.15, -0.1) is 0 Å². The first-order valence-electron chi connectivity index (χ1n) is 11.4. The van der Waals surface area contributed by atoms with E-state index in [-0.39, 0.29) is 28.9 Å². The first kappa shape index (κ1) is 21.5. The van der Waals surface area contributed by atoms with E-state index in [1.807, 2.05) is 6.07 Å². The number of nitrogens with one attached hydrogen (secondary N) is 1. The predicted octanol–water partition coefficient (Wildman–Crippen LogP) is 4.75. The first-order chi connectivity index (χ1) is 14.2. The number of methoxy groups -OCH3 is 2. The van der Waals surface area contributed by atoms with E-state index in [0.717, 1.165) is 36.5 Å². The number of fused-ring (bicyclic) bond motifs is 1. The zero-order chi connectivity index (χ0) is 21.7. The first-order valence-corrected chi connectivity index (χ1v) is 11.4. The van der Waals surface area contributed by atoms with E-state index in [1.54, 1.807) is 14.2 Å². The molecule has 166 valence electrons. The van der Waals surface area contributed by atoms with Gasteiger partial charge >= 0.3 is 0 Å². The molecule has 1 amide bonds. The summed E-state index contributed by atoms with van der Waals surface area (Å²) in [6, 6.07) is 6.34. The third kappa shape index (κ3) is 3.30. The standard InChI is InChI=1S/C25H37NO4/c1-15(2)11-21(27)26-23-24(3,4)17-13-18-22(30-10-9-25(18,23)14-17)16-7-8-19(28-5)20(12-16)29-6/h7-8,12,15,17-18,22-23H,9-11,13-14H2,1-6H3,(H,26,27)/t17-,18-,22-,23-,25-/m1/s1. The van der Waals surface area contributed by atoms with Gasteiger partial charge in [0.05, 0.1) is 20.3 Å². The Kier molecular flexibility index (Phi) is 5.54. The van der Waals surface area contributed by atoms with Crippen LogP contribution in [0, 0.1) is 28.6 Å². The van der Waals surface area contributed by atoms with Crippen LogP contribution in [-0.4, -0.2) is 32.8 Å². The topological polar surface area (TPSA) is 56.8 Å². The molecule has 1 N–H and O–H groups in total. The molecule has 1 aliphatic heterocycles. The van der Waals surface area contributed by atoms with Crippen molar-refractivity contribution in [3.63, 3.8) is 0 Å². The Balaban J connectivity index is 1.65. The van der Waals surface area contributed by atoms with Crippen LogP contribution in [0.5, 0.6) is 11.5 Å². The van der Waals surface area contributed by atoms with E-state index in [0.29, 0.717) is 24.2 Å². The van der Waals surface area contributed by atoms with Crippen molar-refractivity contribution in [3.05, 3.63) is 23.8 Å². The van der Waals surface area contributed by atoms with E-state index >= 15 is 0 Å². The van der Waals surface area contributed by atoms with Crippen LogP contribution in [0.15, 0.2) is 18.2 Å². The van der Waals surface area contributed by atoms with Gasteiger partial charge in [0.2, 0.25) is 5.91 Å². The van der Waals surface area contributed by atoms with Crippen molar-refractivity contribution in [1.82, 2.24) is 5.32 Å². The minimum atomic E-state index is 0.0316. The van der Waals surface area contributed by atoms with Crippen LogP contribution in [0.4, 0.5) is 0 Å². The maximum absolute atomic E-state index is 12.8. The summed E-state index contributed by atoms with van der Waals surface area (Å²) in [5.41, 5.74) is 1.37. The van der Waals surface area contributed by atoms with Gasteiger partial charge in [-0.3, -0.25) is 4.79 Å². The predicted molar refractivity (Wildman–Crippen MR) is 117 cm³/mol. The SMILES string of the molecule is COc1ccc([C@H]2OCC[C@@]34C[C@@H](C[C@H]23)C(C)(C)[C@H]4NC(=O)CC(C)C)cc1OC. The summed E-state index contributed by atoms with van der Waals surface area (Å²) in [6.45, 7) is 9.64. The van der Waals surface area contributed by atoms with Crippen molar-refractivity contribution in [2.45, 2.75) is 65.5 Å². The quantitative estimate of drug-likeness (QED) is 0.729. The molecule has 0 aromatic heterocycles. The fourth-order valence-electron chi connectivity index (χ4n) is 6.74. The van der Waals surface area contributed by atoms with Crippen LogP contribution >= 0.6 is 0 Å². The number of ether oxygens (including phenoxy) is 3. The summed E-state index contributed by atoms with van der Waals surface area (Å²) in [4.78, 5) is 12.8. The van der Waals surface area contributed by atoms with E-state index in [4.69, 9.17) is 14.2 Å². The monoisotopic (exact) mass is 415 g/mol. The second kappa shape index (κ2) is 7.74. The maximum atomic E-state index is 12.8. The smallest absolute Gasteiger partial charge is 0.220 e. The number of hydrogen-bond donors (Lipinski definition) is 1. The van der Waals surface area contributed by atoms with Crippen LogP contribution < -0.4 is 14.8 Å². The minimum Gasteiger partial charge on any atom is -0.493 e. The Morgan fingerprint density at radius 1 is 1.23 bits per heavy atom. The molecule has 0 unspecified atom stereocenters. The van der Waals surface area contributed by atoms with Crippen LogP contribution in [0.3, 0.4) is 0 Å². The number of carbonyl (C=O) groups excluding carboxylic acids is 1. The molecule has 5 atom stereocenters. The Morgan fingerprint density at radius 3 is 2.63 bits per heavy atom. The minimum absolute atomic E-state index is 0.0316. The van der Waals surface area contributed by atoms with Gasteiger partial charge in [-0.2, -0.15) is 0 Å². The third-order valence-corrected chi connectivity index (χ3v) is 8.14. The van der Waals surface area contributed by atoms with Crippen molar-refractivity contribution in [3.8, 4) is 11.5 Å². The van der Waals surface area contributed by atoms with Gasteiger partial charge in [-0.05, 0) is 65.5 Å². The number of hydrogen-bond acceptors (Lipinski definition) is 4. The van der Waals surface area contributed by atoms with Gasteiger partial charge in [0.25, 0.3) is 0 Å². The van der Waals surface area contributed by atoms with Crippen LogP contribution in [-0.2, 0) is 9.53 Å². The molecule has 2 saturated carbocycles. The van der Waals surface area contributed by atoms with Crippen molar-refractivity contribution in [1.29, 1.82) is 0 Å². The second-order valence-electron chi connectivity index (χ2n) is 10.6. The molecule has 4 rings (SSSR count). The summed E-state index contributed by atoms with van der Waals surface area (Å²) >= 11 is 0. The molecule has 1 aromatic carbocycles. The van der Waals surface area contributed by atoms with Gasteiger partial charge in [-0.1, -0.05) is 33.8 Å². The van der Waals surface area contributed by atoms with Gasteiger partial charge < -0.3 is 19.5 Å². The number of benzene rings is 1. The van der Waals surface area contributed by atoms with E-state index in [9.17, 15) is 4.79 Å². The Labute approximate surface area is 180 Å². The highest BCUT2D eigenvalue weighted by molar-refractivity contribution is 5.76.